The Morgan fingerprint density at radius 2 is 1.33 bits per heavy atom. The summed E-state index contributed by atoms with van der Waals surface area (Å²) in [6.07, 6.45) is -0.803. The van der Waals surface area contributed by atoms with Gasteiger partial charge in [0, 0.05) is 12.0 Å². The van der Waals surface area contributed by atoms with Crippen molar-refractivity contribution in [1.82, 2.24) is 15.5 Å². The van der Waals surface area contributed by atoms with Crippen LogP contribution in [0, 0.1) is 17.8 Å². The number of nitrogens with one attached hydrogen (secondary N) is 2. The number of rotatable bonds is 15. The fraction of sp³-hybridized carbons (Fsp3) is 0.571. The summed E-state index contributed by atoms with van der Waals surface area (Å²) in [5.74, 6) is -1.57. The number of hydrogen-bond donors (Lipinski definition) is 3. The van der Waals surface area contributed by atoms with E-state index in [1.54, 1.807) is 44.2 Å². The van der Waals surface area contributed by atoms with Crippen molar-refractivity contribution in [3.05, 3.63) is 47.9 Å². The van der Waals surface area contributed by atoms with E-state index in [2.05, 4.69) is 17.2 Å². The second-order valence-corrected chi connectivity index (χ2v) is 12.8. The van der Waals surface area contributed by atoms with Gasteiger partial charge in [0.1, 0.15) is 18.1 Å². The van der Waals surface area contributed by atoms with E-state index in [0.29, 0.717) is 11.0 Å². The highest BCUT2D eigenvalue weighted by Crippen LogP contribution is 2.18. The first-order valence-electron chi connectivity index (χ1n) is 13.1. The van der Waals surface area contributed by atoms with Crippen LogP contribution in [0.1, 0.15) is 66.4 Å². The molecule has 0 fully saturated rings. The van der Waals surface area contributed by atoms with Crippen molar-refractivity contribution in [2.75, 3.05) is 0 Å². The molecule has 11 heteroatoms. The van der Waals surface area contributed by atoms with Crippen molar-refractivity contribution < 1.29 is 32.7 Å². The molecule has 39 heavy (non-hydrogen) atoms. The van der Waals surface area contributed by atoms with Gasteiger partial charge in [-0.1, -0.05) is 78.5 Å². The third kappa shape index (κ3) is 11.2. The molecule has 1 aromatic carbocycles. The molecule has 0 aromatic heterocycles. The van der Waals surface area contributed by atoms with E-state index in [1.807, 2.05) is 27.7 Å². The molecular formula is C28H43N3O7S. The zero-order chi connectivity index (χ0) is 29.9. The lowest BCUT2D eigenvalue weighted by molar-refractivity contribution is -0.133. The number of carboxylic acid groups (broad SMARTS) is 1. The predicted molar refractivity (Wildman–Crippen MR) is 150 cm³/mol. The maximum absolute atomic E-state index is 13.5. The van der Waals surface area contributed by atoms with Crippen molar-refractivity contribution in [2.45, 2.75) is 85.5 Å². The van der Waals surface area contributed by atoms with E-state index in [0.717, 1.165) is 4.90 Å². The van der Waals surface area contributed by atoms with Crippen LogP contribution < -0.4 is 10.6 Å². The van der Waals surface area contributed by atoms with E-state index < -0.39 is 51.0 Å². The maximum atomic E-state index is 13.5. The van der Waals surface area contributed by atoms with Gasteiger partial charge in [-0.25, -0.2) is 13.2 Å². The van der Waals surface area contributed by atoms with Crippen LogP contribution in [0.25, 0.3) is 0 Å². The SMILES string of the molecule is C=CS(=O)(=O)C(=O)[C@H](CC(C)C)NC(=O)[C@H](CC(C)C)NC(=O)[C@H](CC(C)C)N(Cc1ccccc1)C(=O)O. The molecule has 1 rings (SSSR count). The number of carbonyl (C=O) groups excluding carboxylic acids is 3. The minimum Gasteiger partial charge on any atom is -0.465 e. The Kier molecular flexibility index (Phi) is 13.4. The normalized spacial score (nSPS) is 14.0. The summed E-state index contributed by atoms with van der Waals surface area (Å²) in [5, 5.41) is 14.6. The highest BCUT2D eigenvalue weighted by molar-refractivity contribution is 8.08. The first-order chi connectivity index (χ1) is 18.1. The van der Waals surface area contributed by atoms with Crippen LogP contribution in [0.3, 0.4) is 0 Å². The van der Waals surface area contributed by atoms with Gasteiger partial charge in [-0.15, -0.1) is 0 Å². The smallest absolute Gasteiger partial charge is 0.408 e. The van der Waals surface area contributed by atoms with Crippen LogP contribution in [-0.4, -0.2) is 59.6 Å². The number of nitrogens with zero attached hydrogens (tertiary/aromatic N) is 1. The van der Waals surface area contributed by atoms with E-state index in [1.165, 1.54) is 0 Å². The second kappa shape index (κ2) is 15.4. The van der Waals surface area contributed by atoms with Crippen LogP contribution in [-0.2, 0) is 30.8 Å². The average molecular weight is 566 g/mol. The molecule has 0 bridgehead atoms. The summed E-state index contributed by atoms with van der Waals surface area (Å²) in [6, 6.07) is 5.35. The van der Waals surface area contributed by atoms with Crippen molar-refractivity contribution in [3.63, 3.8) is 0 Å². The molecule has 3 amide bonds. The molecule has 0 aliphatic rings. The lowest BCUT2D eigenvalue weighted by Crippen LogP contribution is -2.57. The Morgan fingerprint density at radius 3 is 1.79 bits per heavy atom. The fourth-order valence-electron chi connectivity index (χ4n) is 4.12. The summed E-state index contributed by atoms with van der Waals surface area (Å²) in [7, 11) is -4.29. The molecule has 0 saturated carbocycles. The molecule has 1 aromatic rings. The topological polar surface area (TPSA) is 150 Å². The van der Waals surface area contributed by atoms with Crippen molar-refractivity contribution in [1.29, 1.82) is 0 Å². The average Bonchev–Trinajstić information content (AvgIpc) is 2.84. The Hall–Kier alpha value is -3.21. The molecule has 0 spiro atoms. The van der Waals surface area contributed by atoms with Gasteiger partial charge in [0.15, 0.2) is 0 Å². The number of sulfone groups is 1. The molecule has 0 aliphatic heterocycles. The van der Waals surface area contributed by atoms with Crippen LogP contribution in [0.5, 0.6) is 0 Å². The van der Waals surface area contributed by atoms with Crippen LogP contribution in [0.4, 0.5) is 4.79 Å². The molecule has 3 atom stereocenters. The Balaban J connectivity index is 3.30. The van der Waals surface area contributed by atoms with Crippen LogP contribution in [0.2, 0.25) is 0 Å². The quantitative estimate of drug-likeness (QED) is 0.293. The van der Waals surface area contributed by atoms with Gasteiger partial charge in [-0.05, 0) is 42.6 Å². The van der Waals surface area contributed by atoms with Crippen LogP contribution >= 0.6 is 0 Å². The summed E-state index contributed by atoms with van der Waals surface area (Å²) in [4.78, 5) is 52.8. The minimum absolute atomic E-state index is 0.0214. The predicted octanol–water partition coefficient (Wildman–Crippen LogP) is 3.73. The number of carbonyl (C=O) groups is 4. The van der Waals surface area contributed by atoms with Gasteiger partial charge in [0.25, 0.3) is 5.12 Å². The summed E-state index contributed by atoms with van der Waals surface area (Å²) in [6.45, 7) is 14.1. The van der Waals surface area contributed by atoms with Gasteiger partial charge in [-0.2, -0.15) is 0 Å². The lowest BCUT2D eigenvalue weighted by Gasteiger charge is -2.32. The first kappa shape index (κ1) is 33.8. The Morgan fingerprint density at radius 1 is 0.846 bits per heavy atom. The van der Waals surface area contributed by atoms with Crippen molar-refractivity contribution in [2.24, 2.45) is 17.8 Å². The highest BCUT2D eigenvalue weighted by Gasteiger charge is 2.36. The zero-order valence-corrected chi connectivity index (χ0v) is 24.5. The third-order valence-electron chi connectivity index (χ3n) is 5.96. The summed E-state index contributed by atoms with van der Waals surface area (Å²) >= 11 is 0. The van der Waals surface area contributed by atoms with E-state index >= 15 is 0 Å². The monoisotopic (exact) mass is 565 g/mol. The summed E-state index contributed by atoms with van der Waals surface area (Å²) in [5.41, 5.74) is 0.705. The minimum atomic E-state index is -4.29. The molecule has 0 unspecified atom stereocenters. The van der Waals surface area contributed by atoms with Gasteiger partial charge in [-0.3, -0.25) is 19.3 Å². The van der Waals surface area contributed by atoms with Gasteiger partial charge >= 0.3 is 6.09 Å². The van der Waals surface area contributed by atoms with Gasteiger partial charge < -0.3 is 15.7 Å². The van der Waals surface area contributed by atoms with Crippen molar-refractivity contribution in [3.8, 4) is 0 Å². The lowest BCUT2D eigenvalue weighted by atomic mass is 9.98. The number of amides is 3. The third-order valence-corrected chi connectivity index (χ3v) is 7.25. The standard InChI is InChI=1S/C28H43N3O7S/c1-8-39(37,38)27(34)23(15-19(4)5)30-25(32)22(14-18(2)3)29-26(33)24(16-20(6)7)31(28(35)36)17-21-12-10-9-11-13-21/h8-13,18-20,22-24H,1,14-17H2,2-7H3,(H,29,33)(H,30,32)(H,35,36)/t22-,23-,24-/m0/s1. The molecule has 3 N–H and O–H groups in total. The molecule has 0 radical (unpaired) electrons. The molecule has 218 valence electrons. The second-order valence-electron chi connectivity index (χ2n) is 11.0. The Labute approximate surface area is 232 Å². The Bertz CT molecular complexity index is 1100. The van der Waals surface area contributed by atoms with Crippen LogP contribution in [0.15, 0.2) is 42.3 Å². The number of hydrogen-bond acceptors (Lipinski definition) is 6. The van der Waals surface area contributed by atoms with Gasteiger partial charge in [0.2, 0.25) is 21.7 Å². The van der Waals surface area contributed by atoms with Gasteiger partial charge in [0.05, 0.1) is 0 Å². The van der Waals surface area contributed by atoms with E-state index in [-0.39, 0.29) is 43.6 Å². The van der Waals surface area contributed by atoms with E-state index in [9.17, 15) is 32.7 Å². The van der Waals surface area contributed by atoms with Crippen molar-refractivity contribution >= 4 is 32.9 Å². The molecule has 0 saturated heterocycles. The summed E-state index contributed by atoms with van der Waals surface area (Å²) < 4.78 is 24.3. The maximum Gasteiger partial charge on any atom is 0.408 e. The zero-order valence-electron chi connectivity index (χ0n) is 23.7. The first-order valence-corrected chi connectivity index (χ1v) is 14.7. The highest BCUT2D eigenvalue weighted by atomic mass is 32.2. The molecule has 0 aliphatic carbocycles. The number of benzene rings is 1. The largest absolute Gasteiger partial charge is 0.465 e. The molecule has 10 nitrogen and oxygen atoms in total. The fourth-order valence-corrected chi connectivity index (χ4v) is 4.84. The molecule has 0 heterocycles. The molecular weight excluding hydrogens is 522 g/mol. The van der Waals surface area contributed by atoms with E-state index in [4.69, 9.17) is 0 Å².